The van der Waals surface area contributed by atoms with Crippen molar-refractivity contribution in [2.45, 2.75) is 12.3 Å². The molecular formula is C19H21ClN2O3S. The number of anilines is 1. The van der Waals surface area contributed by atoms with E-state index in [2.05, 4.69) is 5.32 Å². The maximum Gasteiger partial charge on any atom is 0.323 e. The third kappa shape index (κ3) is 3.86. The summed E-state index contributed by atoms with van der Waals surface area (Å²) in [6, 6.07) is 11.0. The number of aryl methyl sites for hydroxylation is 1. The van der Waals surface area contributed by atoms with Gasteiger partial charge >= 0.3 is 6.03 Å². The summed E-state index contributed by atoms with van der Waals surface area (Å²) in [4.78, 5) is 14.6. The minimum atomic E-state index is -0.162. The lowest BCUT2D eigenvalue weighted by Crippen LogP contribution is -2.34. The maximum absolute atomic E-state index is 12.8. The zero-order chi connectivity index (χ0) is 18.7. The topological polar surface area (TPSA) is 50.8 Å². The number of hydrogen-bond acceptors (Lipinski definition) is 4. The number of amides is 2. The molecule has 2 aromatic carbocycles. The van der Waals surface area contributed by atoms with Gasteiger partial charge in [0.15, 0.2) is 0 Å². The van der Waals surface area contributed by atoms with Crippen molar-refractivity contribution in [2.75, 3.05) is 31.8 Å². The molecule has 1 fully saturated rings. The Hall–Kier alpha value is -2.05. The second-order valence-electron chi connectivity index (χ2n) is 5.92. The van der Waals surface area contributed by atoms with Gasteiger partial charge in [0.1, 0.15) is 16.9 Å². The summed E-state index contributed by atoms with van der Waals surface area (Å²) in [7, 11) is 3.25. The van der Waals surface area contributed by atoms with Crippen molar-refractivity contribution in [1.29, 1.82) is 0 Å². The monoisotopic (exact) mass is 392 g/mol. The minimum Gasteiger partial charge on any atom is -0.497 e. The Bertz CT molecular complexity index is 815. The number of methoxy groups -OCH3 is 2. The highest BCUT2D eigenvalue weighted by atomic mass is 35.5. The van der Waals surface area contributed by atoms with Gasteiger partial charge in [0.05, 0.1) is 14.2 Å². The molecule has 1 aliphatic heterocycles. The van der Waals surface area contributed by atoms with Crippen LogP contribution in [0.5, 0.6) is 11.5 Å². The van der Waals surface area contributed by atoms with Gasteiger partial charge in [0.25, 0.3) is 0 Å². The molecule has 0 aromatic heterocycles. The molecule has 0 bridgehead atoms. The molecule has 138 valence electrons. The van der Waals surface area contributed by atoms with Gasteiger partial charge in [-0.1, -0.05) is 17.7 Å². The van der Waals surface area contributed by atoms with Gasteiger partial charge in [-0.05, 0) is 42.8 Å². The number of halogens is 1. The standard InChI is InChI=1S/C19H21ClN2O3S/c1-12-4-5-13(10-16(12)20)21-19(23)22-8-9-26-18(22)15-11-14(24-2)6-7-17(15)25-3/h4-7,10-11,18H,8-9H2,1-3H3,(H,21,23)/t18-/m1/s1. The molecule has 0 unspecified atom stereocenters. The third-order valence-electron chi connectivity index (χ3n) is 4.28. The molecule has 2 aromatic rings. The van der Waals surface area contributed by atoms with Crippen LogP contribution in [0.1, 0.15) is 16.5 Å². The molecule has 2 amide bonds. The molecule has 0 spiro atoms. The average Bonchev–Trinajstić information content (AvgIpc) is 3.14. The highest BCUT2D eigenvalue weighted by molar-refractivity contribution is 7.99. The van der Waals surface area contributed by atoms with Crippen molar-refractivity contribution in [3.05, 3.63) is 52.5 Å². The van der Waals surface area contributed by atoms with Gasteiger partial charge in [-0.2, -0.15) is 0 Å². The predicted octanol–water partition coefficient (Wildman–Crippen LogP) is 4.95. The molecular weight excluding hydrogens is 372 g/mol. The quantitative estimate of drug-likeness (QED) is 0.800. The number of hydrogen-bond donors (Lipinski definition) is 1. The van der Waals surface area contributed by atoms with E-state index >= 15 is 0 Å². The first kappa shape index (κ1) is 18.7. The summed E-state index contributed by atoms with van der Waals surface area (Å²) in [5, 5.41) is 3.43. The molecule has 26 heavy (non-hydrogen) atoms. The van der Waals surface area contributed by atoms with Crippen LogP contribution in [0.4, 0.5) is 10.5 Å². The molecule has 1 aliphatic rings. The predicted molar refractivity (Wildman–Crippen MR) is 107 cm³/mol. The summed E-state index contributed by atoms with van der Waals surface area (Å²) >= 11 is 7.86. The zero-order valence-electron chi connectivity index (χ0n) is 14.9. The van der Waals surface area contributed by atoms with Crippen LogP contribution in [0.25, 0.3) is 0 Å². The van der Waals surface area contributed by atoms with Crippen molar-refractivity contribution >= 4 is 35.1 Å². The van der Waals surface area contributed by atoms with E-state index in [1.165, 1.54) is 0 Å². The van der Waals surface area contributed by atoms with Crippen LogP contribution in [-0.2, 0) is 0 Å². The highest BCUT2D eigenvalue weighted by Gasteiger charge is 2.33. The number of nitrogens with zero attached hydrogens (tertiary/aromatic N) is 1. The van der Waals surface area contributed by atoms with E-state index in [4.69, 9.17) is 21.1 Å². The molecule has 1 N–H and O–H groups in total. The van der Waals surface area contributed by atoms with Crippen molar-refractivity contribution in [3.63, 3.8) is 0 Å². The summed E-state index contributed by atoms with van der Waals surface area (Å²) in [6.07, 6.45) is 0. The number of nitrogens with one attached hydrogen (secondary N) is 1. The zero-order valence-corrected chi connectivity index (χ0v) is 16.5. The molecule has 7 heteroatoms. The molecule has 1 atom stereocenters. The van der Waals surface area contributed by atoms with E-state index in [0.717, 1.165) is 28.4 Å². The fourth-order valence-corrected chi connectivity index (χ4v) is 4.28. The van der Waals surface area contributed by atoms with Crippen LogP contribution >= 0.6 is 23.4 Å². The number of benzene rings is 2. The molecule has 0 radical (unpaired) electrons. The Kier molecular flexibility index (Phi) is 5.84. The first-order valence-corrected chi connectivity index (χ1v) is 9.63. The van der Waals surface area contributed by atoms with E-state index in [0.29, 0.717) is 17.3 Å². The van der Waals surface area contributed by atoms with E-state index in [1.807, 2.05) is 37.3 Å². The number of carbonyl (C=O) groups excluding carboxylic acids is 1. The largest absolute Gasteiger partial charge is 0.497 e. The normalized spacial score (nSPS) is 16.5. The van der Waals surface area contributed by atoms with Crippen LogP contribution in [0.15, 0.2) is 36.4 Å². The minimum absolute atomic E-state index is 0.138. The van der Waals surface area contributed by atoms with E-state index < -0.39 is 0 Å². The van der Waals surface area contributed by atoms with Gasteiger partial charge in [0.2, 0.25) is 0 Å². The van der Waals surface area contributed by atoms with Gasteiger partial charge < -0.3 is 19.7 Å². The van der Waals surface area contributed by atoms with Crippen molar-refractivity contribution < 1.29 is 14.3 Å². The van der Waals surface area contributed by atoms with Crippen molar-refractivity contribution in [2.24, 2.45) is 0 Å². The highest BCUT2D eigenvalue weighted by Crippen LogP contribution is 2.43. The lowest BCUT2D eigenvalue weighted by atomic mass is 10.1. The van der Waals surface area contributed by atoms with E-state index in [9.17, 15) is 4.79 Å². The number of ether oxygens (including phenoxy) is 2. The second-order valence-corrected chi connectivity index (χ2v) is 7.51. The van der Waals surface area contributed by atoms with Crippen LogP contribution in [0, 0.1) is 6.92 Å². The van der Waals surface area contributed by atoms with Crippen LogP contribution in [0.3, 0.4) is 0 Å². The maximum atomic E-state index is 12.8. The first-order chi connectivity index (χ1) is 12.5. The SMILES string of the molecule is COc1ccc(OC)c([C@H]2SCCN2C(=O)Nc2ccc(C)c(Cl)c2)c1. The number of rotatable bonds is 4. The first-order valence-electron chi connectivity index (χ1n) is 8.21. The smallest absolute Gasteiger partial charge is 0.323 e. The molecule has 5 nitrogen and oxygen atoms in total. The number of urea groups is 1. The van der Waals surface area contributed by atoms with E-state index in [1.54, 1.807) is 36.9 Å². The van der Waals surface area contributed by atoms with Crippen LogP contribution in [-0.4, -0.2) is 37.4 Å². The fraction of sp³-hybridized carbons (Fsp3) is 0.316. The van der Waals surface area contributed by atoms with Gasteiger partial charge in [-0.15, -0.1) is 11.8 Å². The lowest BCUT2D eigenvalue weighted by Gasteiger charge is -2.26. The average molecular weight is 393 g/mol. The molecule has 3 rings (SSSR count). The summed E-state index contributed by atoms with van der Waals surface area (Å²) in [6.45, 7) is 2.58. The summed E-state index contributed by atoms with van der Waals surface area (Å²) < 4.78 is 10.8. The molecule has 1 saturated heterocycles. The second kappa shape index (κ2) is 8.10. The summed E-state index contributed by atoms with van der Waals surface area (Å²) in [5.74, 6) is 2.33. The Morgan fingerprint density at radius 1 is 1.23 bits per heavy atom. The van der Waals surface area contributed by atoms with Crippen molar-refractivity contribution in [3.8, 4) is 11.5 Å². The Morgan fingerprint density at radius 2 is 2.04 bits per heavy atom. The third-order valence-corrected chi connectivity index (χ3v) is 5.93. The Labute approximate surface area is 162 Å². The molecule has 1 heterocycles. The van der Waals surface area contributed by atoms with Crippen LogP contribution in [0.2, 0.25) is 5.02 Å². The number of carbonyl (C=O) groups is 1. The van der Waals surface area contributed by atoms with E-state index in [-0.39, 0.29) is 11.4 Å². The summed E-state index contributed by atoms with van der Waals surface area (Å²) in [5.41, 5.74) is 2.57. The molecule has 0 aliphatic carbocycles. The van der Waals surface area contributed by atoms with Crippen LogP contribution < -0.4 is 14.8 Å². The number of thioether (sulfide) groups is 1. The lowest BCUT2D eigenvalue weighted by molar-refractivity contribution is 0.213. The Balaban J connectivity index is 1.83. The van der Waals surface area contributed by atoms with Gasteiger partial charge in [-0.25, -0.2) is 4.79 Å². The Morgan fingerprint density at radius 3 is 2.73 bits per heavy atom. The van der Waals surface area contributed by atoms with Gasteiger partial charge in [-0.3, -0.25) is 0 Å². The molecule has 0 saturated carbocycles. The van der Waals surface area contributed by atoms with Crippen molar-refractivity contribution in [1.82, 2.24) is 4.90 Å². The fourth-order valence-electron chi connectivity index (χ4n) is 2.83. The van der Waals surface area contributed by atoms with Gasteiger partial charge in [0, 0.05) is 28.6 Å².